The minimum absolute atomic E-state index is 0.231. The van der Waals surface area contributed by atoms with Gasteiger partial charge in [0.2, 0.25) is 0 Å². The molecule has 0 N–H and O–H groups in total. The van der Waals surface area contributed by atoms with E-state index in [0.29, 0.717) is 0 Å². The Labute approximate surface area is 83.8 Å². The molecule has 2 rings (SSSR count). The van der Waals surface area contributed by atoms with Crippen LogP contribution in [-0.2, 0) is 4.74 Å². The fraction of sp³-hybridized carbons (Fsp3) is 0.222. The van der Waals surface area contributed by atoms with Crippen LogP contribution in [0.1, 0.15) is 15.2 Å². The topological polar surface area (TPSA) is 26.3 Å². The van der Waals surface area contributed by atoms with Crippen molar-refractivity contribution in [3.63, 3.8) is 0 Å². The number of thiophene rings is 2. The summed E-state index contributed by atoms with van der Waals surface area (Å²) in [5.41, 5.74) is 1.04. The zero-order chi connectivity index (χ0) is 9.42. The first kappa shape index (κ1) is 8.72. The number of carbonyl (C=O) groups is 1. The van der Waals surface area contributed by atoms with E-state index in [-0.39, 0.29) is 5.97 Å². The van der Waals surface area contributed by atoms with Gasteiger partial charge in [0.05, 0.1) is 7.11 Å². The molecule has 2 nitrogen and oxygen atoms in total. The molecule has 0 saturated heterocycles. The summed E-state index contributed by atoms with van der Waals surface area (Å²) in [5, 5.41) is 2.04. The lowest BCUT2D eigenvalue weighted by atomic mass is 10.3. The van der Waals surface area contributed by atoms with Gasteiger partial charge in [0.1, 0.15) is 4.88 Å². The van der Waals surface area contributed by atoms with Crippen LogP contribution in [0.5, 0.6) is 0 Å². The number of esters is 1. The summed E-state index contributed by atoms with van der Waals surface area (Å²) in [6.45, 7) is 1.96. The molecule has 0 amide bonds. The van der Waals surface area contributed by atoms with E-state index in [1.807, 2.05) is 18.4 Å². The summed E-state index contributed by atoms with van der Waals surface area (Å²) in [7, 11) is 1.41. The molecule has 2 aromatic heterocycles. The summed E-state index contributed by atoms with van der Waals surface area (Å²) in [6, 6.07) is 2.03. The average molecular weight is 212 g/mol. The second-order valence-electron chi connectivity index (χ2n) is 2.66. The summed E-state index contributed by atoms with van der Waals surface area (Å²) >= 11 is 3.16. The lowest BCUT2D eigenvalue weighted by Gasteiger charge is -1.95. The molecule has 0 spiro atoms. The molecular formula is C9H8O2S2. The maximum Gasteiger partial charge on any atom is 0.348 e. The molecule has 68 valence electrons. The Morgan fingerprint density at radius 3 is 2.92 bits per heavy atom. The van der Waals surface area contributed by atoms with Gasteiger partial charge in [-0.3, -0.25) is 0 Å². The summed E-state index contributed by atoms with van der Waals surface area (Å²) in [6.07, 6.45) is 0. The first-order valence-electron chi connectivity index (χ1n) is 3.79. The molecular weight excluding hydrogens is 204 g/mol. The van der Waals surface area contributed by atoms with E-state index in [2.05, 4.69) is 0 Å². The van der Waals surface area contributed by atoms with Gasteiger partial charge >= 0.3 is 5.97 Å². The van der Waals surface area contributed by atoms with E-state index in [1.54, 1.807) is 11.3 Å². The van der Waals surface area contributed by atoms with Gasteiger partial charge in [-0.1, -0.05) is 0 Å². The van der Waals surface area contributed by atoms with Crippen LogP contribution in [0.3, 0.4) is 0 Å². The maximum atomic E-state index is 11.3. The molecule has 0 fully saturated rings. The molecule has 0 saturated carbocycles. The van der Waals surface area contributed by atoms with Crippen LogP contribution in [0.2, 0.25) is 0 Å². The van der Waals surface area contributed by atoms with E-state index in [0.717, 1.165) is 10.4 Å². The van der Waals surface area contributed by atoms with Crippen molar-refractivity contribution in [3.05, 3.63) is 21.9 Å². The van der Waals surface area contributed by atoms with Gasteiger partial charge < -0.3 is 4.74 Å². The van der Waals surface area contributed by atoms with Crippen LogP contribution >= 0.6 is 22.7 Å². The molecule has 0 unspecified atom stereocenters. The Bertz CT molecular complexity index is 453. The van der Waals surface area contributed by atoms with Crippen LogP contribution in [0.15, 0.2) is 11.4 Å². The highest BCUT2D eigenvalue weighted by atomic mass is 32.1. The largest absolute Gasteiger partial charge is 0.465 e. The maximum absolute atomic E-state index is 11.3. The number of hydrogen-bond acceptors (Lipinski definition) is 4. The third-order valence-electron chi connectivity index (χ3n) is 1.89. The van der Waals surface area contributed by atoms with Gasteiger partial charge in [0, 0.05) is 9.40 Å². The lowest BCUT2D eigenvalue weighted by Crippen LogP contribution is -1.99. The Kier molecular flexibility index (Phi) is 2.09. The molecule has 4 heteroatoms. The molecule has 0 bridgehead atoms. The quantitative estimate of drug-likeness (QED) is 0.679. The molecule has 0 aliphatic carbocycles. The lowest BCUT2D eigenvalue weighted by molar-refractivity contribution is 0.0605. The first-order valence-corrected chi connectivity index (χ1v) is 5.48. The van der Waals surface area contributed by atoms with Gasteiger partial charge in [-0.05, 0) is 23.9 Å². The minimum Gasteiger partial charge on any atom is -0.465 e. The van der Waals surface area contributed by atoms with E-state index in [4.69, 9.17) is 4.74 Å². The summed E-state index contributed by atoms with van der Waals surface area (Å²) < 4.78 is 7.06. The number of fused-ring (bicyclic) bond motifs is 1. The molecule has 2 heterocycles. The van der Waals surface area contributed by atoms with E-state index >= 15 is 0 Å². The van der Waals surface area contributed by atoms with Crippen molar-refractivity contribution in [2.75, 3.05) is 7.11 Å². The molecule has 0 aliphatic rings. The molecule has 0 atom stereocenters. The molecule has 0 aliphatic heterocycles. The van der Waals surface area contributed by atoms with Crippen molar-refractivity contribution in [2.45, 2.75) is 6.92 Å². The number of carbonyl (C=O) groups excluding carboxylic acids is 1. The van der Waals surface area contributed by atoms with Gasteiger partial charge in [-0.25, -0.2) is 4.79 Å². The Morgan fingerprint density at radius 2 is 2.31 bits per heavy atom. The van der Waals surface area contributed by atoms with E-state index in [9.17, 15) is 4.79 Å². The fourth-order valence-corrected chi connectivity index (χ4v) is 3.48. The zero-order valence-corrected chi connectivity index (χ0v) is 8.92. The van der Waals surface area contributed by atoms with Crippen LogP contribution in [0, 0.1) is 6.92 Å². The predicted octanol–water partition coefficient (Wildman–Crippen LogP) is 3.06. The standard InChI is InChI=1S/C9H8O2S2/c1-5-7-6(3-4-12-7)13-8(5)9(10)11-2/h3-4H,1-2H3. The summed E-state index contributed by atoms with van der Waals surface area (Å²) in [5.74, 6) is -0.231. The zero-order valence-electron chi connectivity index (χ0n) is 7.29. The van der Waals surface area contributed by atoms with Crippen molar-refractivity contribution in [3.8, 4) is 0 Å². The summed E-state index contributed by atoms with van der Waals surface area (Å²) in [4.78, 5) is 12.0. The molecule has 0 aromatic carbocycles. The van der Waals surface area contributed by atoms with E-state index < -0.39 is 0 Å². The van der Waals surface area contributed by atoms with Gasteiger partial charge in [0.25, 0.3) is 0 Å². The second-order valence-corrected chi connectivity index (χ2v) is 4.63. The molecule has 0 radical (unpaired) electrons. The minimum atomic E-state index is -0.231. The highest BCUT2D eigenvalue weighted by Gasteiger charge is 2.15. The van der Waals surface area contributed by atoms with Crippen LogP contribution in [0.4, 0.5) is 0 Å². The highest BCUT2D eigenvalue weighted by molar-refractivity contribution is 7.28. The smallest absolute Gasteiger partial charge is 0.348 e. The SMILES string of the molecule is COC(=O)c1sc2ccsc2c1C. The average Bonchev–Trinajstić information content (AvgIpc) is 2.68. The number of rotatable bonds is 1. The Morgan fingerprint density at radius 1 is 1.54 bits per heavy atom. The van der Waals surface area contributed by atoms with Crippen LogP contribution < -0.4 is 0 Å². The number of ether oxygens (including phenoxy) is 1. The number of hydrogen-bond donors (Lipinski definition) is 0. The van der Waals surface area contributed by atoms with E-state index in [1.165, 1.54) is 27.8 Å². The van der Waals surface area contributed by atoms with Crippen molar-refractivity contribution < 1.29 is 9.53 Å². The van der Waals surface area contributed by atoms with Crippen LogP contribution in [-0.4, -0.2) is 13.1 Å². The Balaban J connectivity index is 2.64. The Hall–Kier alpha value is -0.870. The molecule has 2 aromatic rings. The second kappa shape index (κ2) is 3.12. The first-order chi connectivity index (χ1) is 6.24. The normalized spacial score (nSPS) is 10.6. The third-order valence-corrected chi connectivity index (χ3v) is 4.29. The van der Waals surface area contributed by atoms with Gasteiger partial charge in [-0.2, -0.15) is 0 Å². The van der Waals surface area contributed by atoms with Gasteiger partial charge in [0.15, 0.2) is 0 Å². The highest BCUT2D eigenvalue weighted by Crippen LogP contribution is 2.34. The molecule has 13 heavy (non-hydrogen) atoms. The fourth-order valence-electron chi connectivity index (χ4n) is 1.23. The predicted molar refractivity (Wildman–Crippen MR) is 55.8 cm³/mol. The van der Waals surface area contributed by atoms with Crippen molar-refractivity contribution >= 4 is 38.0 Å². The third kappa shape index (κ3) is 1.26. The number of aryl methyl sites for hydroxylation is 1. The monoisotopic (exact) mass is 212 g/mol. The number of methoxy groups -OCH3 is 1. The van der Waals surface area contributed by atoms with Crippen molar-refractivity contribution in [1.29, 1.82) is 0 Å². The van der Waals surface area contributed by atoms with Crippen molar-refractivity contribution in [1.82, 2.24) is 0 Å². The van der Waals surface area contributed by atoms with Crippen molar-refractivity contribution in [2.24, 2.45) is 0 Å². The van der Waals surface area contributed by atoms with Gasteiger partial charge in [-0.15, -0.1) is 22.7 Å². The van der Waals surface area contributed by atoms with Crippen LogP contribution in [0.25, 0.3) is 9.40 Å².